The van der Waals surface area contributed by atoms with Gasteiger partial charge in [0.25, 0.3) is 0 Å². The van der Waals surface area contributed by atoms with E-state index in [1.807, 2.05) is 23.1 Å². The van der Waals surface area contributed by atoms with Crippen LogP contribution in [-0.2, 0) is 4.79 Å². The van der Waals surface area contributed by atoms with Gasteiger partial charge < -0.3 is 15.1 Å². The molecule has 0 unspecified atom stereocenters. The van der Waals surface area contributed by atoms with Crippen LogP contribution in [0.5, 0.6) is 0 Å². The Morgan fingerprint density at radius 3 is 2.70 bits per heavy atom. The van der Waals surface area contributed by atoms with Crippen LogP contribution in [0.25, 0.3) is 10.2 Å². The number of nitrogens with zero attached hydrogens (tertiary/aromatic N) is 5. The number of aryl methyl sites for hydroxylation is 2. The molecule has 1 aliphatic rings. The van der Waals surface area contributed by atoms with Gasteiger partial charge in [0.1, 0.15) is 22.8 Å². The smallest absolute Gasteiger partial charge is 0.242 e. The highest BCUT2D eigenvalue weighted by Crippen LogP contribution is 2.32. The number of amides is 1. The number of nitrogens with one attached hydrogen (secondary N) is 1. The van der Waals surface area contributed by atoms with Crippen LogP contribution >= 0.6 is 11.3 Å². The summed E-state index contributed by atoms with van der Waals surface area (Å²) in [5, 5.41) is 4.24. The average Bonchev–Trinajstić information content (AvgIpc) is 3.01. The summed E-state index contributed by atoms with van der Waals surface area (Å²) in [5.41, 5.74) is 1.18. The fourth-order valence-electron chi connectivity index (χ4n) is 3.31. The lowest BCUT2D eigenvalue weighted by Gasteiger charge is -2.35. The number of hydrogen-bond donors (Lipinski definition) is 1. The molecule has 1 amide bonds. The molecular weight excluding hydrogens is 360 g/mol. The first kappa shape index (κ1) is 17.7. The number of pyridine rings is 1. The molecule has 4 heterocycles. The normalized spacial score (nSPS) is 14.6. The van der Waals surface area contributed by atoms with Gasteiger partial charge in [-0.3, -0.25) is 4.79 Å². The molecule has 7 nitrogen and oxygen atoms in total. The van der Waals surface area contributed by atoms with Crippen molar-refractivity contribution in [2.45, 2.75) is 13.8 Å². The fraction of sp³-hybridized carbons (Fsp3) is 0.368. The zero-order chi connectivity index (χ0) is 18.8. The molecule has 0 bridgehead atoms. The highest BCUT2D eigenvalue weighted by atomic mass is 32.1. The van der Waals surface area contributed by atoms with E-state index in [-0.39, 0.29) is 12.5 Å². The first-order chi connectivity index (χ1) is 13.1. The van der Waals surface area contributed by atoms with Crippen LogP contribution in [0.2, 0.25) is 0 Å². The number of anilines is 2. The van der Waals surface area contributed by atoms with Crippen molar-refractivity contribution < 1.29 is 4.79 Å². The molecule has 1 fully saturated rings. The van der Waals surface area contributed by atoms with Gasteiger partial charge in [0.05, 0.1) is 11.9 Å². The summed E-state index contributed by atoms with van der Waals surface area (Å²) < 4.78 is 0. The molecule has 3 aromatic heterocycles. The third-order valence-corrected chi connectivity index (χ3v) is 6.09. The van der Waals surface area contributed by atoms with E-state index in [9.17, 15) is 4.79 Å². The molecule has 0 atom stereocenters. The minimum absolute atomic E-state index is 0.0898. The van der Waals surface area contributed by atoms with Crippen molar-refractivity contribution in [2.75, 3.05) is 42.9 Å². The van der Waals surface area contributed by atoms with E-state index in [0.29, 0.717) is 13.1 Å². The SMILES string of the molecule is Cc1sc2ncnc(NCC(=O)N3CCN(c4ccccn4)CC3)c2c1C. The number of aromatic nitrogens is 3. The summed E-state index contributed by atoms with van der Waals surface area (Å²) in [6, 6.07) is 5.90. The van der Waals surface area contributed by atoms with Crippen LogP contribution in [0.15, 0.2) is 30.7 Å². The van der Waals surface area contributed by atoms with Crippen LogP contribution in [-0.4, -0.2) is 58.5 Å². The molecule has 3 aromatic rings. The van der Waals surface area contributed by atoms with Crippen LogP contribution < -0.4 is 10.2 Å². The first-order valence-corrected chi connectivity index (χ1v) is 9.83. The summed E-state index contributed by atoms with van der Waals surface area (Å²) in [4.78, 5) is 32.0. The van der Waals surface area contributed by atoms with Crippen molar-refractivity contribution in [1.29, 1.82) is 0 Å². The molecule has 0 aromatic carbocycles. The van der Waals surface area contributed by atoms with Gasteiger partial charge in [-0.2, -0.15) is 0 Å². The van der Waals surface area contributed by atoms with Crippen LogP contribution in [0.1, 0.15) is 10.4 Å². The molecule has 4 rings (SSSR count). The first-order valence-electron chi connectivity index (χ1n) is 9.02. The van der Waals surface area contributed by atoms with Crippen molar-refractivity contribution >= 4 is 39.1 Å². The molecule has 140 valence electrons. The molecule has 27 heavy (non-hydrogen) atoms. The molecule has 0 radical (unpaired) electrons. The number of fused-ring (bicyclic) bond motifs is 1. The van der Waals surface area contributed by atoms with Gasteiger partial charge in [-0.25, -0.2) is 15.0 Å². The van der Waals surface area contributed by atoms with E-state index in [4.69, 9.17) is 0 Å². The number of carbonyl (C=O) groups is 1. The van der Waals surface area contributed by atoms with Crippen molar-refractivity contribution in [3.8, 4) is 0 Å². The van der Waals surface area contributed by atoms with Gasteiger partial charge in [-0.15, -0.1) is 11.3 Å². The lowest BCUT2D eigenvalue weighted by molar-refractivity contribution is -0.129. The molecule has 1 aliphatic heterocycles. The number of rotatable bonds is 4. The number of carbonyl (C=O) groups excluding carboxylic acids is 1. The Morgan fingerprint density at radius 2 is 1.96 bits per heavy atom. The second kappa shape index (κ2) is 7.48. The maximum atomic E-state index is 12.6. The van der Waals surface area contributed by atoms with E-state index in [1.54, 1.807) is 23.9 Å². The Morgan fingerprint density at radius 1 is 1.15 bits per heavy atom. The van der Waals surface area contributed by atoms with E-state index in [0.717, 1.165) is 34.9 Å². The molecule has 1 saturated heterocycles. The number of piperazine rings is 1. The zero-order valence-electron chi connectivity index (χ0n) is 15.5. The third kappa shape index (κ3) is 3.57. The summed E-state index contributed by atoms with van der Waals surface area (Å²) in [7, 11) is 0. The highest BCUT2D eigenvalue weighted by molar-refractivity contribution is 7.18. The topological polar surface area (TPSA) is 74.2 Å². The van der Waals surface area contributed by atoms with Crippen molar-refractivity contribution in [2.24, 2.45) is 0 Å². The van der Waals surface area contributed by atoms with Crippen LogP contribution in [0, 0.1) is 13.8 Å². The largest absolute Gasteiger partial charge is 0.360 e. The predicted molar refractivity (Wildman–Crippen MR) is 108 cm³/mol. The Bertz CT molecular complexity index is 949. The molecular formula is C19H22N6OS. The lowest BCUT2D eigenvalue weighted by atomic mass is 10.2. The Balaban J connectivity index is 1.37. The molecule has 0 spiro atoms. The fourth-order valence-corrected chi connectivity index (χ4v) is 4.31. The van der Waals surface area contributed by atoms with Gasteiger partial charge >= 0.3 is 0 Å². The standard InChI is InChI=1S/C19H22N6OS/c1-13-14(2)27-19-17(13)18(22-12-23-19)21-11-16(26)25-9-7-24(8-10-25)15-5-3-4-6-20-15/h3-6,12H,7-11H2,1-2H3,(H,21,22,23). The van der Waals surface area contributed by atoms with E-state index < -0.39 is 0 Å². The van der Waals surface area contributed by atoms with Crippen molar-refractivity contribution in [1.82, 2.24) is 19.9 Å². The van der Waals surface area contributed by atoms with Crippen LogP contribution in [0.3, 0.4) is 0 Å². The maximum Gasteiger partial charge on any atom is 0.242 e. The second-order valence-electron chi connectivity index (χ2n) is 6.60. The molecule has 0 aliphatic carbocycles. The van der Waals surface area contributed by atoms with Gasteiger partial charge in [0, 0.05) is 37.3 Å². The van der Waals surface area contributed by atoms with Gasteiger partial charge in [0.2, 0.25) is 5.91 Å². The number of hydrogen-bond acceptors (Lipinski definition) is 7. The average molecular weight is 382 g/mol. The van der Waals surface area contributed by atoms with E-state index in [2.05, 4.69) is 39.0 Å². The van der Waals surface area contributed by atoms with Gasteiger partial charge in [-0.1, -0.05) is 6.07 Å². The van der Waals surface area contributed by atoms with Gasteiger partial charge in [-0.05, 0) is 31.5 Å². The lowest BCUT2D eigenvalue weighted by Crippen LogP contribution is -2.50. The van der Waals surface area contributed by atoms with E-state index >= 15 is 0 Å². The van der Waals surface area contributed by atoms with E-state index in [1.165, 1.54) is 10.4 Å². The molecule has 1 N–H and O–H groups in total. The second-order valence-corrected chi connectivity index (χ2v) is 7.80. The number of thiophene rings is 1. The quantitative estimate of drug-likeness (QED) is 0.747. The minimum Gasteiger partial charge on any atom is -0.360 e. The third-order valence-electron chi connectivity index (χ3n) is 4.98. The van der Waals surface area contributed by atoms with Crippen LogP contribution in [0.4, 0.5) is 11.6 Å². The minimum atomic E-state index is 0.0898. The van der Waals surface area contributed by atoms with Gasteiger partial charge in [0.15, 0.2) is 0 Å². The van der Waals surface area contributed by atoms with Crippen molar-refractivity contribution in [3.63, 3.8) is 0 Å². The van der Waals surface area contributed by atoms with Crippen molar-refractivity contribution in [3.05, 3.63) is 41.2 Å². The summed E-state index contributed by atoms with van der Waals surface area (Å²) in [6.45, 7) is 7.38. The Hall–Kier alpha value is -2.74. The zero-order valence-corrected chi connectivity index (χ0v) is 16.3. The highest BCUT2D eigenvalue weighted by Gasteiger charge is 2.22. The predicted octanol–water partition coefficient (Wildman–Crippen LogP) is 2.46. The molecule has 0 saturated carbocycles. The maximum absolute atomic E-state index is 12.6. The summed E-state index contributed by atoms with van der Waals surface area (Å²) in [6.07, 6.45) is 3.35. The summed E-state index contributed by atoms with van der Waals surface area (Å²) >= 11 is 1.66. The molecule has 8 heteroatoms. The monoisotopic (exact) mass is 382 g/mol. The Kier molecular flexibility index (Phi) is 4.89. The summed E-state index contributed by atoms with van der Waals surface area (Å²) in [5.74, 6) is 1.80. The Labute approximate surface area is 162 Å².